The lowest BCUT2D eigenvalue weighted by atomic mass is 9.39. The molecule has 6 rings (SSSR count). The van der Waals surface area contributed by atoms with Gasteiger partial charge in [0, 0.05) is 0 Å². The lowest BCUT2D eigenvalue weighted by Gasteiger charge is -2.65. The summed E-state index contributed by atoms with van der Waals surface area (Å²) in [6.45, 7) is 9.41. The van der Waals surface area contributed by atoms with Crippen molar-refractivity contribution in [3.05, 3.63) is 59.4 Å². The van der Waals surface area contributed by atoms with Crippen molar-refractivity contribution in [3.8, 4) is 11.1 Å². The highest BCUT2D eigenvalue weighted by Gasteiger charge is 2.60. The molecule has 0 saturated heterocycles. The molecule has 4 aliphatic carbocycles. The molecule has 2 aromatic rings. The van der Waals surface area contributed by atoms with Crippen LogP contribution in [-0.2, 0) is 5.41 Å². The van der Waals surface area contributed by atoms with Crippen LogP contribution >= 0.6 is 0 Å². The second-order valence-electron chi connectivity index (χ2n) is 11.4. The number of rotatable bonds is 3. The molecule has 4 atom stereocenters. The molecule has 2 unspecified atom stereocenters. The Labute approximate surface area is 169 Å². The van der Waals surface area contributed by atoms with E-state index in [1.165, 1.54) is 49.7 Å². The molecule has 148 valence electrons. The van der Waals surface area contributed by atoms with Crippen LogP contribution in [0.2, 0.25) is 0 Å². The Morgan fingerprint density at radius 3 is 2.04 bits per heavy atom. The summed E-state index contributed by atoms with van der Waals surface area (Å²) in [5.74, 6) is 1.26. The second kappa shape index (κ2) is 5.94. The van der Waals surface area contributed by atoms with E-state index in [0.29, 0.717) is 16.7 Å². The predicted molar refractivity (Wildman–Crippen MR) is 115 cm³/mol. The van der Waals surface area contributed by atoms with Gasteiger partial charge >= 0.3 is 0 Å². The quantitative estimate of drug-likeness (QED) is 0.511. The molecule has 28 heavy (non-hydrogen) atoms. The Bertz CT molecular complexity index is 888. The van der Waals surface area contributed by atoms with Crippen molar-refractivity contribution in [1.82, 2.24) is 0 Å². The minimum atomic E-state index is -0.0773. The zero-order chi connectivity index (χ0) is 19.7. The Balaban J connectivity index is 1.56. The van der Waals surface area contributed by atoms with Crippen molar-refractivity contribution in [2.45, 2.75) is 77.6 Å². The van der Waals surface area contributed by atoms with Crippen LogP contribution in [0.5, 0.6) is 0 Å². The first-order valence-corrected chi connectivity index (χ1v) is 11.1. The smallest absolute Gasteiger partial charge is 0.124 e. The molecule has 4 saturated carbocycles. The molecule has 0 nitrogen and oxygen atoms in total. The van der Waals surface area contributed by atoms with Gasteiger partial charge in [-0.15, -0.1) is 0 Å². The first-order chi connectivity index (χ1) is 13.2. The third-order valence-corrected chi connectivity index (χ3v) is 8.05. The van der Waals surface area contributed by atoms with Crippen molar-refractivity contribution in [3.63, 3.8) is 0 Å². The molecule has 4 aliphatic rings. The summed E-state index contributed by atoms with van der Waals surface area (Å²) < 4.78 is 14.8. The van der Waals surface area contributed by atoms with Crippen molar-refractivity contribution < 1.29 is 4.39 Å². The third kappa shape index (κ3) is 2.93. The highest BCUT2D eigenvalue weighted by atomic mass is 19.1. The summed E-state index contributed by atoms with van der Waals surface area (Å²) in [6, 6.07) is 14.6. The van der Waals surface area contributed by atoms with Gasteiger partial charge in [0.25, 0.3) is 0 Å². The highest BCUT2D eigenvalue weighted by Crippen LogP contribution is 2.69. The molecular formula is C27H33F. The number of hydrogen-bond donors (Lipinski definition) is 0. The molecule has 0 aromatic heterocycles. The molecule has 4 bridgehead atoms. The second-order valence-corrected chi connectivity index (χ2v) is 11.4. The summed E-state index contributed by atoms with van der Waals surface area (Å²) in [7, 11) is 0. The van der Waals surface area contributed by atoms with E-state index >= 15 is 0 Å². The van der Waals surface area contributed by atoms with Crippen molar-refractivity contribution >= 4 is 0 Å². The molecule has 0 spiro atoms. The maximum absolute atomic E-state index is 14.8. The zero-order valence-corrected chi connectivity index (χ0v) is 17.8. The first kappa shape index (κ1) is 18.4. The van der Waals surface area contributed by atoms with Gasteiger partial charge in [-0.05, 0) is 101 Å². The average molecular weight is 377 g/mol. The summed E-state index contributed by atoms with van der Waals surface area (Å²) in [6.07, 6.45) is 7.85. The van der Waals surface area contributed by atoms with E-state index < -0.39 is 0 Å². The van der Waals surface area contributed by atoms with Gasteiger partial charge in [-0.1, -0.05) is 58.0 Å². The number of halogens is 1. The van der Waals surface area contributed by atoms with E-state index in [4.69, 9.17) is 0 Å². The van der Waals surface area contributed by atoms with Crippen molar-refractivity contribution in [1.29, 1.82) is 0 Å². The third-order valence-electron chi connectivity index (χ3n) is 8.05. The fourth-order valence-corrected chi connectivity index (χ4v) is 7.89. The molecule has 4 fully saturated rings. The topological polar surface area (TPSA) is 0 Å². The first-order valence-electron chi connectivity index (χ1n) is 11.1. The summed E-state index contributed by atoms with van der Waals surface area (Å²) in [5.41, 5.74) is 5.83. The van der Waals surface area contributed by atoms with Crippen LogP contribution in [0.3, 0.4) is 0 Å². The van der Waals surface area contributed by atoms with Crippen molar-refractivity contribution in [2.75, 3.05) is 0 Å². The Kier molecular flexibility index (Phi) is 3.90. The highest BCUT2D eigenvalue weighted by molar-refractivity contribution is 5.65. The molecule has 0 heterocycles. The maximum atomic E-state index is 14.8. The fraction of sp³-hybridized carbons (Fsp3) is 0.556. The molecular weight excluding hydrogens is 343 g/mol. The van der Waals surface area contributed by atoms with Gasteiger partial charge in [-0.3, -0.25) is 0 Å². The molecule has 2 aromatic carbocycles. The van der Waals surface area contributed by atoms with E-state index in [1.54, 1.807) is 6.07 Å². The summed E-state index contributed by atoms with van der Waals surface area (Å²) in [5, 5.41) is 0. The van der Waals surface area contributed by atoms with E-state index in [2.05, 4.69) is 58.0 Å². The SMILES string of the molecule is CC(C)c1ccc(-c2cc(F)cc(C34CC5C[C@@](C)(C3)C[C@](C)(C5)C4)c2)cc1. The Hall–Kier alpha value is -1.63. The monoisotopic (exact) mass is 376 g/mol. The summed E-state index contributed by atoms with van der Waals surface area (Å²) >= 11 is 0. The van der Waals surface area contributed by atoms with Gasteiger partial charge < -0.3 is 0 Å². The minimum absolute atomic E-state index is 0.0773. The zero-order valence-electron chi connectivity index (χ0n) is 17.8. The normalized spacial score (nSPS) is 36.3. The van der Waals surface area contributed by atoms with Gasteiger partial charge in [-0.25, -0.2) is 4.39 Å². The van der Waals surface area contributed by atoms with E-state index in [0.717, 1.165) is 17.0 Å². The standard InChI is InChI=1S/C27H33F/c1-18(2)20-5-7-21(8-6-20)22-9-23(11-24(28)10-22)27-14-19-12-25(3,16-27)15-26(4,13-19)17-27/h5-11,18-19H,12-17H2,1-4H3/t19?,25-,26+,27?. The summed E-state index contributed by atoms with van der Waals surface area (Å²) in [4.78, 5) is 0. The van der Waals surface area contributed by atoms with Crippen LogP contribution in [0, 0.1) is 22.6 Å². The lowest BCUT2D eigenvalue weighted by Crippen LogP contribution is -2.56. The molecule has 1 heteroatoms. The van der Waals surface area contributed by atoms with Gasteiger partial charge in [0.05, 0.1) is 0 Å². The largest absolute Gasteiger partial charge is 0.207 e. The van der Waals surface area contributed by atoms with Crippen LogP contribution in [0.25, 0.3) is 11.1 Å². The molecule has 0 aliphatic heterocycles. The van der Waals surface area contributed by atoms with Crippen LogP contribution in [-0.4, -0.2) is 0 Å². The van der Waals surface area contributed by atoms with Gasteiger partial charge in [0.2, 0.25) is 0 Å². The van der Waals surface area contributed by atoms with E-state index in [9.17, 15) is 4.39 Å². The molecule has 0 radical (unpaired) electrons. The van der Waals surface area contributed by atoms with Crippen LogP contribution in [0.4, 0.5) is 4.39 Å². The van der Waals surface area contributed by atoms with Crippen LogP contribution < -0.4 is 0 Å². The van der Waals surface area contributed by atoms with E-state index in [1.807, 2.05) is 6.07 Å². The van der Waals surface area contributed by atoms with Crippen LogP contribution in [0.15, 0.2) is 42.5 Å². The molecule has 0 amide bonds. The van der Waals surface area contributed by atoms with Gasteiger partial charge in [-0.2, -0.15) is 0 Å². The predicted octanol–water partition coefficient (Wildman–Crippen LogP) is 7.86. The lowest BCUT2D eigenvalue weighted by molar-refractivity contribution is -0.110. The van der Waals surface area contributed by atoms with E-state index in [-0.39, 0.29) is 11.2 Å². The Morgan fingerprint density at radius 1 is 0.821 bits per heavy atom. The van der Waals surface area contributed by atoms with Crippen molar-refractivity contribution in [2.24, 2.45) is 16.7 Å². The average Bonchev–Trinajstić information content (AvgIpc) is 2.58. The number of hydrogen-bond acceptors (Lipinski definition) is 0. The van der Waals surface area contributed by atoms with Gasteiger partial charge in [0.15, 0.2) is 0 Å². The minimum Gasteiger partial charge on any atom is -0.207 e. The number of benzene rings is 2. The molecule has 0 N–H and O–H groups in total. The van der Waals surface area contributed by atoms with Crippen LogP contribution in [0.1, 0.15) is 83.3 Å². The van der Waals surface area contributed by atoms with Gasteiger partial charge in [0.1, 0.15) is 5.82 Å². The Morgan fingerprint density at radius 2 is 1.46 bits per heavy atom. The maximum Gasteiger partial charge on any atom is 0.124 e. The fourth-order valence-electron chi connectivity index (χ4n) is 7.89.